The third kappa shape index (κ3) is 1.37. The van der Waals surface area contributed by atoms with Gasteiger partial charge in [-0.05, 0) is 32.9 Å². The Hall–Kier alpha value is -0.830. The van der Waals surface area contributed by atoms with Gasteiger partial charge in [-0.25, -0.2) is 4.98 Å². The smallest absolute Gasteiger partial charge is 0.181 e. The number of aromatic nitrogens is 1. The van der Waals surface area contributed by atoms with Crippen LogP contribution in [0.3, 0.4) is 0 Å². The van der Waals surface area contributed by atoms with E-state index in [-0.39, 0.29) is 0 Å². The van der Waals surface area contributed by atoms with Crippen LogP contribution in [0.15, 0.2) is 10.8 Å². The highest BCUT2D eigenvalue weighted by atomic mass is 16.3. The van der Waals surface area contributed by atoms with E-state index < -0.39 is 0 Å². The molecule has 66 valence electrons. The summed E-state index contributed by atoms with van der Waals surface area (Å²) in [6, 6.07) is 0. The summed E-state index contributed by atoms with van der Waals surface area (Å²) in [4.78, 5) is 4.24. The molecular weight excluding hydrogens is 152 g/mol. The van der Waals surface area contributed by atoms with E-state index >= 15 is 0 Å². The molecule has 3 nitrogen and oxygen atoms in total. The van der Waals surface area contributed by atoms with Gasteiger partial charge >= 0.3 is 0 Å². The minimum absolute atomic E-state index is 0.616. The van der Waals surface area contributed by atoms with Gasteiger partial charge in [-0.2, -0.15) is 0 Å². The molecule has 0 spiro atoms. The lowest BCUT2D eigenvalue weighted by atomic mass is 9.94. The van der Waals surface area contributed by atoms with Gasteiger partial charge in [-0.15, -0.1) is 0 Å². The molecule has 0 bridgehead atoms. The highest BCUT2D eigenvalue weighted by Crippen LogP contribution is 2.25. The molecule has 12 heavy (non-hydrogen) atoms. The second-order valence-electron chi connectivity index (χ2n) is 3.32. The summed E-state index contributed by atoms with van der Waals surface area (Å²) in [7, 11) is 0. The van der Waals surface area contributed by atoms with Gasteiger partial charge in [0.2, 0.25) is 0 Å². The molecule has 0 unspecified atom stereocenters. The third-order valence-corrected chi connectivity index (χ3v) is 2.51. The van der Waals surface area contributed by atoms with E-state index in [2.05, 4.69) is 10.3 Å². The van der Waals surface area contributed by atoms with Gasteiger partial charge < -0.3 is 9.73 Å². The highest BCUT2D eigenvalue weighted by Gasteiger charge is 2.19. The van der Waals surface area contributed by atoms with Crippen LogP contribution in [-0.4, -0.2) is 18.1 Å². The van der Waals surface area contributed by atoms with Crippen LogP contribution >= 0.6 is 0 Å². The van der Waals surface area contributed by atoms with E-state index in [1.807, 2.05) is 6.92 Å². The summed E-state index contributed by atoms with van der Waals surface area (Å²) in [6.07, 6.45) is 3.92. The maximum absolute atomic E-state index is 5.19. The molecule has 1 saturated heterocycles. The average molecular weight is 166 g/mol. The van der Waals surface area contributed by atoms with Crippen LogP contribution in [0.5, 0.6) is 0 Å². The molecule has 0 saturated carbocycles. The first-order chi connectivity index (χ1) is 5.88. The topological polar surface area (TPSA) is 38.1 Å². The van der Waals surface area contributed by atoms with E-state index in [4.69, 9.17) is 4.42 Å². The fraction of sp³-hybridized carbons (Fsp3) is 0.667. The first-order valence-electron chi connectivity index (χ1n) is 4.48. The number of piperidine rings is 1. The molecule has 0 amide bonds. The first kappa shape index (κ1) is 7.80. The van der Waals surface area contributed by atoms with Gasteiger partial charge in [0.1, 0.15) is 5.76 Å². The zero-order chi connectivity index (χ0) is 8.39. The van der Waals surface area contributed by atoms with Crippen molar-refractivity contribution >= 4 is 0 Å². The van der Waals surface area contributed by atoms with Crippen molar-refractivity contribution in [3.05, 3.63) is 17.8 Å². The second kappa shape index (κ2) is 3.27. The summed E-state index contributed by atoms with van der Waals surface area (Å²) in [5.74, 6) is 1.60. The van der Waals surface area contributed by atoms with E-state index in [9.17, 15) is 0 Å². The third-order valence-electron chi connectivity index (χ3n) is 2.51. The quantitative estimate of drug-likeness (QED) is 0.686. The Bertz CT molecular complexity index is 251. The molecule has 1 aromatic heterocycles. The number of nitrogens with one attached hydrogen (secondary N) is 1. The predicted molar refractivity (Wildman–Crippen MR) is 46.1 cm³/mol. The van der Waals surface area contributed by atoms with Crippen molar-refractivity contribution in [2.45, 2.75) is 25.7 Å². The molecule has 3 heteroatoms. The Morgan fingerprint density at radius 2 is 2.25 bits per heavy atom. The van der Waals surface area contributed by atoms with Crippen LogP contribution in [-0.2, 0) is 0 Å². The molecular formula is C9H14N2O. The van der Waals surface area contributed by atoms with Crippen LogP contribution in [0.2, 0.25) is 0 Å². The standard InChI is InChI=1S/C9H14N2O/c1-7-9(11-6-12-7)8-2-4-10-5-3-8/h6,8,10H,2-5H2,1H3. The molecule has 2 heterocycles. The molecule has 1 aliphatic rings. The van der Waals surface area contributed by atoms with Crippen LogP contribution in [0, 0.1) is 6.92 Å². The maximum Gasteiger partial charge on any atom is 0.181 e. The van der Waals surface area contributed by atoms with Gasteiger partial charge in [-0.1, -0.05) is 0 Å². The van der Waals surface area contributed by atoms with Crippen molar-refractivity contribution in [2.75, 3.05) is 13.1 Å². The largest absolute Gasteiger partial charge is 0.449 e. The van der Waals surface area contributed by atoms with E-state index in [0.29, 0.717) is 5.92 Å². The zero-order valence-corrected chi connectivity index (χ0v) is 7.34. The minimum Gasteiger partial charge on any atom is -0.449 e. The Labute approximate surface area is 72.2 Å². The summed E-state index contributed by atoms with van der Waals surface area (Å²) in [5, 5.41) is 3.34. The molecule has 0 aliphatic carbocycles. The van der Waals surface area contributed by atoms with Gasteiger partial charge in [-0.3, -0.25) is 0 Å². The summed E-state index contributed by atoms with van der Waals surface area (Å²) < 4.78 is 5.19. The van der Waals surface area contributed by atoms with Gasteiger partial charge in [0.15, 0.2) is 6.39 Å². The van der Waals surface area contributed by atoms with E-state index in [1.165, 1.54) is 12.8 Å². The lowest BCUT2D eigenvalue weighted by Gasteiger charge is -2.20. The van der Waals surface area contributed by atoms with Crippen molar-refractivity contribution in [1.29, 1.82) is 0 Å². The monoisotopic (exact) mass is 166 g/mol. The van der Waals surface area contributed by atoms with Crippen molar-refractivity contribution in [3.63, 3.8) is 0 Å². The van der Waals surface area contributed by atoms with E-state index in [0.717, 1.165) is 24.5 Å². The lowest BCUT2D eigenvalue weighted by molar-refractivity contribution is 0.446. The Kier molecular flexibility index (Phi) is 2.13. The maximum atomic E-state index is 5.19. The van der Waals surface area contributed by atoms with Crippen LogP contribution in [0.25, 0.3) is 0 Å². The van der Waals surface area contributed by atoms with Crippen molar-refractivity contribution in [1.82, 2.24) is 10.3 Å². The molecule has 0 atom stereocenters. The van der Waals surface area contributed by atoms with Crippen LogP contribution in [0.1, 0.15) is 30.2 Å². The number of aryl methyl sites for hydroxylation is 1. The number of oxazole rings is 1. The van der Waals surface area contributed by atoms with Crippen molar-refractivity contribution in [3.8, 4) is 0 Å². The fourth-order valence-corrected chi connectivity index (χ4v) is 1.80. The van der Waals surface area contributed by atoms with Gasteiger partial charge in [0.25, 0.3) is 0 Å². The Morgan fingerprint density at radius 1 is 1.50 bits per heavy atom. The number of nitrogens with zero attached hydrogens (tertiary/aromatic N) is 1. The normalized spacial score (nSPS) is 19.8. The molecule has 0 radical (unpaired) electrons. The van der Waals surface area contributed by atoms with Gasteiger partial charge in [0.05, 0.1) is 5.69 Å². The molecule has 0 aromatic carbocycles. The average Bonchev–Trinajstić information content (AvgIpc) is 2.53. The Balaban J connectivity index is 2.13. The highest BCUT2D eigenvalue weighted by molar-refractivity contribution is 5.12. The first-order valence-corrected chi connectivity index (χ1v) is 4.48. The molecule has 1 N–H and O–H groups in total. The summed E-state index contributed by atoms with van der Waals surface area (Å²) in [5.41, 5.74) is 1.16. The zero-order valence-electron chi connectivity index (χ0n) is 7.34. The SMILES string of the molecule is Cc1ocnc1C1CCNCC1. The van der Waals surface area contributed by atoms with Crippen molar-refractivity contribution < 1.29 is 4.42 Å². The summed E-state index contributed by atoms with van der Waals surface area (Å²) in [6.45, 7) is 4.21. The Morgan fingerprint density at radius 3 is 2.83 bits per heavy atom. The predicted octanol–water partition coefficient (Wildman–Crippen LogP) is 1.45. The van der Waals surface area contributed by atoms with Crippen LogP contribution < -0.4 is 5.32 Å². The minimum atomic E-state index is 0.616. The van der Waals surface area contributed by atoms with E-state index in [1.54, 1.807) is 6.39 Å². The number of hydrogen-bond donors (Lipinski definition) is 1. The number of rotatable bonds is 1. The lowest BCUT2D eigenvalue weighted by Crippen LogP contribution is -2.27. The van der Waals surface area contributed by atoms with Crippen LogP contribution in [0.4, 0.5) is 0 Å². The molecule has 1 fully saturated rings. The molecule has 1 aromatic rings. The molecule has 2 rings (SSSR count). The second-order valence-corrected chi connectivity index (χ2v) is 3.32. The fourth-order valence-electron chi connectivity index (χ4n) is 1.80. The van der Waals surface area contributed by atoms with Crippen molar-refractivity contribution in [2.24, 2.45) is 0 Å². The molecule has 1 aliphatic heterocycles. The summed E-state index contributed by atoms with van der Waals surface area (Å²) >= 11 is 0. The van der Waals surface area contributed by atoms with Gasteiger partial charge in [0, 0.05) is 5.92 Å². The number of hydrogen-bond acceptors (Lipinski definition) is 3.